The molecule has 0 aromatic carbocycles. The van der Waals surface area contributed by atoms with Crippen molar-refractivity contribution >= 4 is 69.7 Å². The van der Waals surface area contributed by atoms with Crippen LogP contribution in [-0.4, -0.2) is 93.8 Å². The number of rotatable bonds is 45. The summed E-state index contributed by atoms with van der Waals surface area (Å²) >= 11 is 0. The standard InChI is InChI=1S/C40H88N6O4S2.4ClH/c1-3-5-7-9-11-13-15-17-19-23-39-51(47,48)45-37-27-35-43-33-25-31-41-29-21-22-30-42-32-26-34-44-36-28-38-46-52(49,50)40-24-20-18-16-14-12-10-8-6-4-2;;;;/h41-46H,3-40H2,1-2H3;4*1H. The Kier molecular flexibility index (Phi) is 61.2. The first kappa shape index (κ1) is 65.9. The van der Waals surface area contributed by atoms with Crippen molar-refractivity contribution in [3.05, 3.63) is 0 Å². The fourth-order valence-electron chi connectivity index (χ4n) is 6.26. The number of hydrogen-bond acceptors (Lipinski definition) is 8. The number of halogens is 4. The summed E-state index contributed by atoms with van der Waals surface area (Å²) in [6.45, 7) is 13.2. The van der Waals surface area contributed by atoms with E-state index in [1.54, 1.807) is 0 Å². The van der Waals surface area contributed by atoms with E-state index < -0.39 is 20.0 Å². The second-order valence-corrected chi connectivity index (χ2v) is 18.8. The van der Waals surface area contributed by atoms with Crippen LogP contribution >= 0.6 is 49.6 Å². The van der Waals surface area contributed by atoms with E-state index in [2.05, 4.69) is 44.6 Å². The van der Waals surface area contributed by atoms with E-state index in [9.17, 15) is 16.8 Å². The van der Waals surface area contributed by atoms with E-state index in [0.29, 0.717) is 13.1 Å². The van der Waals surface area contributed by atoms with E-state index >= 15 is 0 Å². The maximum Gasteiger partial charge on any atom is 0.211 e. The van der Waals surface area contributed by atoms with Gasteiger partial charge in [-0.05, 0) is 104 Å². The van der Waals surface area contributed by atoms with Crippen molar-refractivity contribution < 1.29 is 16.8 Å². The molecule has 0 saturated carbocycles. The van der Waals surface area contributed by atoms with Crippen molar-refractivity contribution in [3.63, 3.8) is 0 Å². The smallest absolute Gasteiger partial charge is 0.211 e. The Morgan fingerprint density at radius 2 is 0.482 bits per heavy atom. The zero-order valence-electron chi connectivity index (χ0n) is 36.0. The Hall–Kier alpha value is 0.820. The third kappa shape index (κ3) is 54.8. The van der Waals surface area contributed by atoms with Crippen LogP contribution in [0.1, 0.15) is 181 Å². The minimum atomic E-state index is -3.14. The van der Waals surface area contributed by atoms with Crippen molar-refractivity contribution in [2.24, 2.45) is 0 Å². The quantitative estimate of drug-likeness (QED) is 0.0333. The third-order valence-corrected chi connectivity index (χ3v) is 12.5. The van der Waals surface area contributed by atoms with Gasteiger partial charge in [-0.3, -0.25) is 0 Å². The van der Waals surface area contributed by atoms with Gasteiger partial charge in [0.25, 0.3) is 0 Å². The van der Waals surface area contributed by atoms with E-state index in [0.717, 1.165) is 129 Å². The van der Waals surface area contributed by atoms with E-state index in [4.69, 9.17) is 0 Å². The summed E-state index contributed by atoms with van der Waals surface area (Å²) in [4.78, 5) is 0. The predicted molar refractivity (Wildman–Crippen MR) is 255 cm³/mol. The van der Waals surface area contributed by atoms with Gasteiger partial charge >= 0.3 is 0 Å². The van der Waals surface area contributed by atoms with Gasteiger partial charge < -0.3 is 21.3 Å². The molecule has 0 aliphatic heterocycles. The van der Waals surface area contributed by atoms with Crippen molar-refractivity contribution in [3.8, 4) is 0 Å². The molecule has 0 aromatic rings. The highest BCUT2D eigenvalue weighted by Crippen LogP contribution is 2.12. The van der Waals surface area contributed by atoms with E-state index in [1.165, 1.54) is 89.9 Å². The first-order valence-corrected chi connectivity index (χ1v) is 25.4. The first-order valence-electron chi connectivity index (χ1n) is 22.1. The van der Waals surface area contributed by atoms with Crippen molar-refractivity contribution in [2.75, 3.05) is 77.0 Å². The molecular formula is C40H92Cl4N6O4S2. The molecule has 6 N–H and O–H groups in total. The SMILES string of the molecule is CCCCCCCCCCCCS(=O)(=O)NCCCNCCCNCCCCNCCCNCCCNS(=O)(=O)CCCCCCCCCCCC.Cl.Cl.Cl.Cl. The maximum absolute atomic E-state index is 12.2. The van der Waals surface area contributed by atoms with Gasteiger partial charge in [0.1, 0.15) is 0 Å². The molecule has 0 aliphatic rings. The Labute approximate surface area is 372 Å². The highest BCUT2D eigenvalue weighted by atomic mass is 35.5. The average molecular weight is 927 g/mol. The molecule has 0 aromatic heterocycles. The molecule has 0 bridgehead atoms. The lowest BCUT2D eigenvalue weighted by molar-refractivity contribution is 0.539. The van der Waals surface area contributed by atoms with Gasteiger partial charge in [-0.15, -0.1) is 49.6 Å². The predicted octanol–water partition coefficient (Wildman–Crippen LogP) is 9.05. The van der Waals surface area contributed by atoms with Crippen LogP contribution in [0.5, 0.6) is 0 Å². The molecule has 0 spiro atoms. The van der Waals surface area contributed by atoms with Crippen LogP contribution in [0.4, 0.5) is 0 Å². The third-order valence-electron chi connectivity index (χ3n) is 9.61. The maximum atomic E-state index is 12.2. The number of sulfonamides is 2. The van der Waals surface area contributed by atoms with E-state index in [-0.39, 0.29) is 61.1 Å². The second-order valence-electron chi connectivity index (χ2n) is 14.9. The molecule has 0 atom stereocenters. The van der Waals surface area contributed by atoms with Crippen molar-refractivity contribution in [1.82, 2.24) is 30.7 Å². The number of unbranched alkanes of at least 4 members (excludes halogenated alkanes) is 19. The lowest BCUT2D eigenvalue weighted by Gasteiger charge is -2.09. The summed E-state index contributed by atoms with van der Waals surface area (Å²) in [5, 5.41) is 13.9. The first-order chi connectivity index (χ1) is 25.3. The summed E-state index contributed by atoms with van der Waals surface area (Å²) in [6.07, 6.45) is 30.3. The monoisotopic (exact) mass is 925 g/mol. The minimum absolute atomic E-state index is 0. The highest BCUT2D eigenvalue weighted by molar-refractivity contribution is 7.89. The van der Waals surface area contributed by atoms with Gasteiger partial charge in [-0.25, -0.2) is 26.3 Å². The molecule has 0 unspecified atom stereocenters. The summed E-state index contributed by atoms with van der Waals surface area (Å²) in [7, 11) is -6.27. The molecule has 16 heteroatoms. The van der Waals surface area contributed by atoms with Gasteiger partial charge in [-0.1, -0.05) is 129 Å². The normalized spacial score (nSPS) is 11.4. The molecule has 0 fully saturated rings. The van der Waals surface area contributed by atoms with Crippen LogP contribution in [0.25, 0.3) is 0 Å². The lowest BCUT2D eigenvalue weighted by atomic mass is 10.1. The zero-order valence-corrected chi connectivity index (χ0v) is 40.9. The minimum Gasteiger partial charge on any atom is -0.317 e. The Balaban J connectivity index is -0.00000217. The molecule has 0 amide bonds. The Morgan fingerprint density at radius 1 is 0.268 bits per heavy atom. The average Bonchev–Trinajstić information content (AvgIpc) is 3.12. The van der Waals surface area contributed by atoms with Crippen LogP contribution < -0.4 is 30.7 Å². The molecule has 0 rings (SSSR count). The number of nitrogens with one attached hydrogen (secondary N) is 6. The van der Waals surface area contributed by atoms with Gasteiger partial charge in [0.05, 0.1) is 11.5 Å². The largest absolute Gasteiger partial charge is 0.317 e. The van der Waals surface area contributed by atoms with Gasteiger partial charge in [0.2, 0.25) is 20.0 Å². The molecule has 10 nitrogen and oxygen atoms in total. The van der Waals surface area contributed by atoms with Crippen molar-refractivity contribution in [1.29, 1.82) is 0 Å². The molecular weight excluding hydrogens is 834 g/mol. The molecule has 346 valence electrons. The molecule has 0 radical (unpaired) electrons. The molecule has 0 heterocycles. The van der Waals surface area contributed by atoms with Gasteiger partial charge in [0, 0.05) is 13.1 Å². The highest BCUT2D eigenvalue weighted by Gasteiger charge is 2.09. The zero-order chi connectivity index (χ0) is 38.1. The van der Waals surface area contributed by atoms with Crippen molar-refractivity contribution in [2.45, 2.75) is 181 Å². The Morgan fingerprint density at radius 3 is 0.750 bits per heavy atom. The van der Waals surface area contributed by atoms with Crippen LogP contribution in [0.2, 0.25) is 0 Å². The van der Waals surface area contributed by atoms with Crippen LogP contribution in [0.3, 0.4) is 0 Å². The van der Waals surface area contributed by atoms with Gasteiger partial charge in [0.15, 0.2) is 0 Å². The van der Waals surface area contributed by atoms with Crippen LogP contribution in [-0.2, 0) is 20.0 Å². The number of hydrogen-bond donors (Lipinski definition) is 6. The fourth-order valence-corrected chi connectivity index (χ4v) is 8.63. The fraction of sp³-hybridized carbons (Fsp3) is 1.00. The lowest BCUT2D eigenvalue weighted by Crippen LogP contribution is -2.30. The second kappa shape index (κ2) is 52.0. The van der Waals surface area contributed by atoms with Crippen LogP contribution in [0, 0.1) is 0 Å². The summed E-state index contributed by atoms with van der Waals surface area (Å²) in [5.41, 5.74) is 0. The summed E-state index contributed by atoms with van der Waals surface area (Å²) < 4.78 is 54.3. The topological polar surface area (TPSA) is 140 Å². The van der Waals surface area contributed by atoms with E-state index in [1.807, 2.05) is 0 Å². The summed E-state index contributed by atoms with van der Waals surface area (Å²) in [5.74, 6) is 0.513. The van der Waals surface area contributed by atoms with Gasteiger partial charge in [-0.2, -0.15) is 0 Å². The molecule has 0 aliphatic carbocycles. The Bertz CT molecular complexity index is 872. The molecule has 56 heavy (non-hydrogen) atoms. The summed E-state index contributed by atoms with van der Waals surface area (Å²) in [6, 6.07) is 0. The van der Waals surface area contributed by atoms with Crippen LogP contribution in [0.15, 0.2) is 0 Å². The molecule has 0 saturated heterocycles.